The van der Waals surface area contributed by atoms with Crippen molar-refractivity contribution in [3.63, 3.8) is 0 Å². The topological polar surface area (TPSA) is 86.2 Å². The predicted octanol–water partition coefficient (Wildman–Crippen LogP) is 4.32. The number of hydrogen-bond donors (Lipinski definition) is 1. The fourth-order valence-corrected chi connectivity index (χ4v) is 2.78. The molecule has 0 atom stereocenters. The molecule has 27 heavy (non-hydrogen) atoms. The van der Waals surface area contributed by atoms with E-state index in [0.717, 1.165) is 28.1 Å². The lowest BCUT2D eigenvalue weighted by Gasteiger charge is -2.11. The number of ether oxygens (including phenoxy) is 1. The summed E-state index contributed by atoms with van der Waals surface area (Å²) in [7, 11) is 1.65. The first kappa shape index (κ1) is 16.8. The number of benzene rings is 1. The highest BCUT2D eigenvalue weighted by Crippen LogP contribution is 2.31. The summed E-state index contributed by atoms with van der Waals surface area (Å²) in [6.45, 7) is 2.41. The maximum absolute atomic E-state index is 5.39. The van der Waals surface area contributed by atoms with Gasteiger partial charge < -0.3 is 19.0 Å². The monoisotopic (exact) mass is 362 g/mol. The van der Waals surface area contributed by atoms with Crippen molar-refractivity contribution >= 4 is 5.95 Å². The molecule has 136 valence electrons. The molecule has 0 saturated heterocycles. The quantitative estimate of drug-likeness (QED) is 0.546. The van der Waals surface area contributed by atoms with Crippen LogP contribution in [0.25, 0.3) is 22.6 Å². The van der Waals surface area contributed by atoms with E-state index in [1.54, 1.807) is 25.8 Å². The summed E-state index contributed by atoms with van der Waals surface area (Å²) in [6.07, 6.45) is 4.97. The Morgan fingerprint density at radius 2 is 2.07 bits per heavy atom. The van der Waals surface area contributed by atoms with Gasteiger partial charge in [0, 0.05) is 29.9 Å². The van der Waals surface area contributed by atoms with Gasteiger partial charge in [-0.3, -0.25) is 0 Å². The Labute approximate surface area is 156 Å². The lowest BCUT2D eigenvalue weighted by atomic mass is 10.1. The van der Waals surface area contributed by atoms with Gasteiger partial charge in [-0.2, -0.15) is 0 Å². The van der Waals surface area contributed by atoms with Crippen LogP contribution in [0.1, 0.15) is 11.3 Å². The molecule has 1 N–H and O–H groups in total. The van der Waals surface area contributed by atoms with Crippen molar-refractivity contribution in [1.29, 1.82) is 0 Å². The van der Waals surface area contributed by atoms with Crippen LogP contribution in [-0.4, -0.2) is 22.2 Å². The first-order valence-electron chi connectivity index (χ1n) is 8.43. The van der Waals surface area contributed by atoms with Crippen LogP contribution in [-0.2, 0) is 6.54 Å². The number of nitrogens with zero attached hydrogens (tertiary/aromatic N) is 3. The fraction of sp³-hybridized carbons (Fsp3) is 0.150. The van der Waals surface area contributed by atoms with Crippen molar-refractivity contribution < 1.29 is 13.7 Å². The van der Waals surface area contributed by atoms with Crippen molar-refractivity contribution in [2.75, 3.05) is 12.4 Å². The molecule has 4 aromatic rings. The number of aromatic nitrogens is 3. The molecule has 0 spiro atoms. The zero-order valence-corrected chi connectivity index (χ0v) is 15.0. The number of methoxy groups -OCH3 is 1. The molecular weight excluding hydrogens is 344 g/mol. The van der Waals surface area contributed by atoms with Gasteiger partial charge in [-0.1, -0.05) is 23.4 Å². The van der Waals surface area contributed by atoms with E-state index in [1.165, 1.54) is 0 Å². The second-order valence-corrected chi connectivity index (χ2v) is 5.97. The predicted molar refractivity (Wildman–Crippen MR) is 100 cm³/mol. The van der Waals surface area contributed by atoms with Crippen LogP contribution in [0.5, 0.6) is 5.75 Å². The highest BCUT2D eigenvalue weighted by atomic mass is 16.5. The number of furan rings is 1. The summed E-state index contributed by atoms with van der Waals surface area (Å²) in [6, 6.07) is 11.5. The minimum atomic E-state index is 0.497. The van der Waals surface area contributed by atoms with Crippen molar-refractivity contribution in [2.24, 2.45) is 0 Å². The molecule has 0 amide bonds. The van der Waals surface area contributed by atoms with Crippen LogP contribution in [0.15, 0.2) is 64.1 Å². The van der Waals surface area contributed by atoms with E-state index in [1.807, 2.05) is 43.3 Å². The van der Waals surface area contributed by atoms with Crippen molar-refractivity contribution in [1.82, 2.24) is 15.1 Å². The van der Waals surface area contributed by atoms with Crippen LogP contribution in [0.2, 0.25) is 0 Å². The zero-order chi connectivity index (χ0) is 18.6. The zero-order valence-electron chi connectivity index (χ0n) is 15.0. The SMILES string of the molecule is COc1ccccc1CNc1ncc(-c2cc(C)no2)c(-c2ccoc2)n1. The molecule has 0 radical (unpaired) electrons. The Kier molecular flexibility index (Phi) is 4.57. The van der Waals surface area contributed by atoms with Gasteiger partial charge in [-0.25, -0.2) is 9.97 Å². The molecule has 1 aromatic carbocycles. The largest absolute Gasteiger partial charge is 0.496 e. The first-order chi connectivity index (χ1) is 13.2. The number of anilines is 1. The molecule has 0 fully saturated rings. The van der Waals surface area contributed by atoms with Crippen LogP contribution in [0.3, 0.4) is 0 Å². The molecule has 0 aliphatic heterocycles. The van der Waals surface area contributed by atoms with Gasteiger partial charge in [0.05, 0.1) is 36.6 Å². The fourth-order valence-electron chi connectivity index (χ4n) is 2.78. The van der Waals surface area contributed by atoms with E-state index in [0.29, 0.717) is 23.9 Å². The summed E-state index contributed by atoms with van der Waals surface area (Å²) in [5.41, 5.74) is 4.10. The Balaban J connectivity index is 1.66. The van der Waals surface area contributed by atoms with E-state index in [4.69, 9.17) is 13.7 Å². The molecule has 0 saturated carbocycles. The number of rotatable bonds is 6. The lowest BCUT2D eigenvalue weighted by Crippen LogP contribution is -2.06. The maximum atomic E-state index is 5.39. The average molecular weight is 362 g/mol. The van der Waals surface area contributed by atoms with Gasteiger partial charge in [0.15, 0.2) is 5.76 Å². The molecule has 4 rings (SSSR count). The van der Waals surface area contributed by atoms with Crippen molar-refractivity contribution in [3.05, 3.63) is 66.4 Å². The summed E-state index contributed by atoms with van der Waals surface area (Å²) < 4.78 is 16.0. The normalized spacial score (nSPS) is 10.7. The first-order valence-corrected chi connectivity index (χ1v) is 8.43. The third kappa shape index (κ3) is 3.52. The second-order valence-electron chi connectivity index (χ2n) is 5.97. The van der Waals surface area contributed by atoms with Crippen molar-refractivity contribution in [2.45, 2.75) is 13.5 Å². The molecule has 3 aromatic heterocycles. The van der Waals surface area contributed by atoms with E-state index in [2.05, 4.69) is 20.4 Å². The highest BCUT2D eigenvalue weighted by molar-refractivity contribution is 5.77. The summed E-state index contributed by atoms with van der Waals surface area (Å²) >= 11 is 0. The van der Waals surface area contributed by atoms with Gasteiger partial charge >= 0.3 is 0 Å². The van der Waals surface area contributed by atoms with Gasteiger partial charge in [0.25, 0.3) is 0 Å². The Hall–Kier alpha value is -3.61. The second kappa shape index (κ2) is 7.33. The number of hydrogen-bond acceptors (Lipinski definition) is 7. The third-order valence-electron chi connectivity index (χ3n) is 4.11. The Bertz CT molecular complexity index is 1040. The van der Waals surface area contributed by atoms with Crippen molar-refractivity contribution in [3.8, 4) is 28.3 Å². The van der Waals surface area contributed by atoms with Crippen LogP contribution >= 0.6 is 0 Å². The summed E-state index contributed by atoms with van der Waals surface area (Å²) in [4.78, 5) is 9.08. The van der Waals surface area contributed by atoms with Crippen LogP contribution in [0.4, 0.5) is 5.95 Å². The number of aryl methyl sites for hydroxylation is 1. The molecule has 7 heteroatoms. The standard InChI is InChI=1S/C20H18N4O3/c1-13-9-18(27-24-13)16-11-22-20(23-19(16)15-7-8-26-12-15)21-10-14-5-3-4-6-17(14)25-2/h3-9,11-12H,10H2,1-2H3,(H,21,22,23). The minimum absolute atomic E-state index is 0.497. The van der Waals surface area contributed by atoms with E-state index in [9.17, 15) is 0 Å². The van der Waals surface area contributed by atoms with Crippen LogP contribution in [0, 0.1) is 6.92 Å². The van der Waals surface area contributed by atoms with E-state index in [-0.39, 0.29) is 0 Å². The number of nitrogens with one attached hydrogen (secondary N) is 1. The Morgan fingerprint density at radius 1 is 1.19 bits per heavy atom. The Morgan fingerprint density at radius 3 is 2.81 bits per heavy atom. The third-order valence-corrected chi connectivity index (χ3v) is 4.11. The van der Waals surface area contributed by atoms with Gasteiger partial charge in [-0.05, 0) is 19.1 Å². The molecule has 3 heterocycles. The molecule has 0 aliphatic rings. The minimum Gasteiger partial charge on any atom is -0.496 e. The highest BCUT2D eigenvalue weighted by Gasteiger charge is 2.16. The molecular formula is C20H18N4O3. The van der Waals surface area contributed by atoms with Gasteiger partial charge in [0.1, 0.15) is 5.75 Å². The molecule has 7 nitrogen and oxygen atoms in total. The smallest absolute Gasteiger partial charge is 0.223 e. The van der Waals surface area contributed by atoms with E-state index < -0.39 is 0 Å². The molecule has 0 aliphatic carbocycles. The lowest BCUT2D eigenvalue weighted by molar-refractivity contribution is 0.410. The molecule has 0 bridgehead atoms. The van der Waals surface area contributed by atoms with Crippen LogP contribution < -0.4 is 10.1 Å². The number of para-hydroxylation sites is 1. The summed E-state index contributed by atoms with van der Waals surface area (Å²) in [5, 5.41) is 7.19. The van der Waals surface area contributed by atoms with Gasteiger partial charge in [0.2, 0.25) is 5.95 Å². The van der Waals surface area contributed by atoms with E-state index >= 15 is 0 Å². The summed E-state index contributed by atoms with van der Waals surface area (Å²) in [5.74, 6) is 1.92. The maximum Gasteiger partial charge on any atom is 0.223 e. The molecule has 0 unspecified atom stereocenters. The average Bonchev–Trinajstić information content (AvgIpc) is 3.38. The van der Waals surface area contributed by atoms with Gasteiger partial charge in [-0.15, -0.1) is 0 Å².